The Bertz CT molecular complexity index is 1040. The lowest BCUT2D eigenvalue weighted by Gasteiger charge is -2.25. The first-order valence-electron chi connectivity index (χ1n) is 8.09. The van der Waals surface area contributed by atoms with E-state index in [0.717, 1.165) is 0 Å². The maximum atomic E-state index is 13.0. The van der Waals surface area contributed by atoms with Crippen LogP contribution in [0, 0.1) is 0 Å². The van der Waals surface area contributed by atoms with Crippen molar-refractivity contribution < 1.29 is 19.1 Å². The molecule has 0 spiro atoms. The molecule has 1 aliphatic heterocycles. The number of anilines is 1. The number of hydrogen-bond acceptors (Lipinski definition) is 5. The number of carbonyl (C=O) groups excluding carboxylic acids is 2. The van der Waals surface area contributed by atoms with Gasteiger partial charge in [0.2, 0.25) is 5.78 Å². The molecule has 4 rings (SSSR count). The molecule has 1 atom stereocenters. The van der Waals surface area contributed by atoms with Crippen molar-refractivity contribution in [3.05, 3.63) is 94.7 Å². The molecule has 2 aromatic heterocycles. The zero-order valence-corrected chi connectivity index (χ0v) is 14.6. The van der Waals surface area contributed by atoms with Gasteiger partial charge in [-0.25, -0.2) is 4.98 Å². The Balaban J connectivity index is 1.90. The van der Waals surface area contributed by atoms with Crippen LogP contribution in [0.3, 0.4) is 0 Å². The smallest absolute Gasteiger partial charge is 0.295 e. The van der Waals surface area contributed by atoms with Crippen LogP contribution in [0.4, 0.5) is 5.82 Å². The van der Waals surface area contributed by atoms with Crippen molar-refractivity contribution in [2.75, 3.05) is 4.90 Å². The number of benzene rings is 1. The SMILES string of the molecule is O=C(C1=C(O)C(=O)N(c2ccccn2)[C@@H]1c1cccc(Cl)c1)c1ccco1. The lowest BCUT2D eigenvalue weighted by molar-refractivity contribution is -0.117. The van der Waals surface area contributed by atoms with Crippen LogP contribution < -0.4 is 4.90 Å². The molecule has 1 amide bonds. The molecule has 0 fully saturated rings. The number of pyridine rings is 1. The Labute approximate surface area is 159 Å². The molecule has 7 heteroatoms. The molecular weight excluding hydrogens is 368 g/mol. The lowest BCUT2D eigenvalue weighted by Crippen LogP contribution is -2.31. The zero-order chi connectivity index (χ0) is 19.0. The number of Topliss-reactive ketones (excluding diaryl/α,β-unsaturated/α-hetero) is 1. The molecule has 0 unspecified atom stereocenters. The second kappa shape index (κ2) is 6.74. The van der Waals surface area contributed by atoms with Crippen molar-refractivity contribution in [3.63, 3.8) is 0 Å². The summed E-state index contributed by atoms with van der Waals surface area (Å²) in [6, 6.07) is 14.0. The number of ketones is 1. The molecule has 0 aliphatic carbocycles. The summed E-state index contributed by atoms with van der Waals surface area (Å²) in [5.41, 5.74) is 0.489. The lowest BCUT2D eigenvalue weighted by atomic mass is 9.95. The molecule has 3 heterocycles. The summed E-state index contributed by atoms with van der Waals surface area (Å²) in [4.78, 5) is 31.3. The largest absolute Gasteiger partial charge is 0.503 e. The second-order valence-corrected chi connectivity index (χ2v) is 6.33. The van der Waals surface area contributed by atoms with Crippen LogP contribution in [-0.4, -0.2) is 21.8 Å². The van der Waals surface area contributed by atoms with Crippen LogP contribution in [0.5, 0.6) is 0 Å². The van der Waals surface area contributed by atoms with Crippen molar-refractivity contribution >= 4 is 29.1 Å². The van der Waals surface area contributed by atoms with E-state index in [1.54, 1.807) is 48.5 Å². The number of aliphatic hydroxyl groups excluding tert-OH is 1. The Morgan fingerprint density at radius 2 is 2.00 bits per heavy atom. The fourth-order valence-electron chi connectivity index (χ4n) is 3.10. The Morgan fingerprint density at radius 1 is 1.15 bits per heavy atom. The first kappa shape index (κ1) is 17.1. The van der Waals surface area contributed by atoms with Gasteiger partial charge in [0.15, 0.2) is 11.5 Å². The van der Waals surface area contributed by atoms with E-state index in [9.17, 15) is 14.7 Å². The maximum absolute atomic E-state index is 13.0. The van der Waals surface area contributed by atoms with Crippen LogP contribution >= 0.6 is 11.6 Å². The van der Waals surface area contributed by atoms with Gasteiger partial charge >= 0.3 is 0 Å². The van der Waals surface area contributed by atoms with Gasteiger partial charge in [-0.3, -0.25) is 14.5 Å². The molecule has 0 bridgehead atoms. The van der Waals surface area contributed by atoms with Gasteiger partial charge in [0.1, 0.15) is 5.82 Å². The molecule has 0 radical (unpaired) electrons. The number of furan rings is 1. The molecule has 0 saturated heterocycles. The standard InChI is InChI=1S/C20H13ClN2O4/c21-13-6-3-5-12(11-13)17-16(18(24)14-7-4-10-27-14)19(25)20(26)23(17)15-8-1-2-9-22-15/h1-11,17,25H/t17-/m1/s1. The number of hydrogen-bond donors (Lipinski definition) is 1. The topological polar surface area (TPSA) is 83.6 Å². The minimum atomic E-state index is -0.885. The van der Waals surface area contributed by atoms with E-state index in [1.807, 2.05) is 0 Å². The molecule has 1 N–H and O–H groups in total. The zero-order valence-electron chi connectivity index (χ0n) is 13.9. The third-order valence-electron chi connectivity index (χ3n) is 4.26. The third-order valence-corrected chi connectivity index (χ3v) is 4.49. The van der Waals surface area contributed by atoms with Crippen LogP contribution in [0.1, 0.15) is 22.2 Å². The van der Waals surface area contributed by atoms with Crippen molar-refractivity contribution in [3.8, 4) is 0 Å². The highest BCUT2D eigenvalue weighted by Gasteiger charge is 2.45. The molecule has 0 saturated carbocycles. The highest BCUT2D eigenvalue weighted by molar-refractivity contribution is 6.30. The van der Waals surface area contributed by atoms with Gasteiger partial charge in [-0.15, -0.1) is 0 Å². The molecule has 27 heavy (non-hydrogen) atoms. The summed E-state index contributed by atoms with van der Waals surface area (Å²) in [6.07, 6.45) is 2.88. The van der Waals surface area contributed by atoms with E-state index in [1.165, 1.54) is 23.4 Å². The average molecular weight is 381 g/mol. The maximum Gasteiger partial charge on any atom is 0.295 e. The fraction of sp³-hybridized carbons (Fsp3) is 0.0500. The summed E-state index contributed by atoms with van der Waals surface area (Å²) in [6.45, 7) is 0. The van der Waals surface area contributed by atoms with E-state index in [2.05, 4.69) is 4.98 Å². The summed E-state index contributed by atoms with van der Waals surface area (Å²) < 4.78 is 5.17. The highest BCUT2D eigenvalue weighted by Crippen LogP contribution is 2.41. The monoisotopic (exact) mass is 380 g/mol. The number of rotatable bonds is 4. The summed E-state index contributed by atoms with van der Waals surface area (Å²) in [7, 11) is 0. The molecule has 6 nitrogen and oxygen atoms in total. The van der Waals surface area contributed by atoms with Crippen LogP contribution in [0.15, 0.2) is 82.8 Å². The van der Waals surface area contributed by atoms with Gasteiger partial charge in [0.05, 0.1) is 17.9 Å². The Kier molecular flexibility index (Phi) is 4.25. The van der Waals surface area contributed by atoms with E-state index >= 15 is 0 Å². The van der Waals surface area contributed by atoms with E-state index in [-0.39, 0.29) is 11.3 Å². The molecule has 1 aromatic carbocycles. The quantitative estimate of drug-likeness (QED) is 0.688. The normalized spacial score (nSPS) is 16.9. The predicted octanol–water partition coefficient (Wildman–Crippen LogP) is 4.11. The van der Waals surface area contributed by atoms with Gasteiger partial charge in [-0.1, -0.05) is 29.8 Å². The van der Waals surface area contributed by atoms with Gasteiger partial charge in [-0.05, 0) is 42.0 Å². The molecular formula is C20H13ClN2O4. The highest BCUT2D eigenvalue weighted by atomic mass is 35.5. The van der Waals surface area contributed by atoms with E-state index in [4.69, 9.17) is 16.0 Å². The molecule has 134 valence electrons. The van der Waals surface area contributed by atoms with Crippen LogP contribution in [0.2, 0.25) is 5.02 Å². The number of aromatic nitrogens is 1. The van der Waals surface area contributed by atoms with Crippen LogP contribution in [0.25, 0.3) is 0 Å². The predicted molar refractivity (Wildman–Crippen MR) is 98.6 cm³/mol. The van der Waals surface area contributed by atoms with Gasteiger partial charge in [0.25, 0.3) is 5.91 Å². The van der Waals surface area contributed by atoms with Crippen molar-refractivity contribution in [2.45, 2.75) is 6.04 Å². The molecule has 3 aromatic rings. The Hall–Kier alpha value is -3.38. The van der Waals surface area contributed by atoms with Crippen LogP contribution in [-0.2, 0) is 4.79 Å². The minimum Gasteiger partial charge on any atom is -0.503 e. The van der Waals surface area contributed by atoms with Crippen molar-refractivity contribution in [1.82, 2.24) is 4.98 Å². The summed E-state index contributed by atoms with van der Waals surface area (Å²) >= 11 is 6.12. The summed E-state index contributed by atoms with van der Waals surface area (Å²) in [5.74, 6) is -1.59. The van der Waals surface area contributed by atoms with Crippen molar-refractivity contribution in [1.29, 1.82) is 0 Å². The first-order valence-corrected chi connectivity index (χ1v) is 8.47. The van der Waals surface area contributed by atoms with E-state index < -0.39 is 23.5 Å². The van der Waals surface area contributed by atoms with Gasteiger partial charge < -0.3 is 9.52 Å². The number of aliphatic hydroxyl groups is 1. The minimum absolute atomic E-state index is 0.0271. The van der Waals surface area contributed by atoms with Gasteiger partial charge in [0, 0.05) is 11.2 Å². The number of amides is 1. The fourth-order valence-corrected chi connectivity index (χ4v) is 3.30. The third kappa shape index (κ3) is 2.90. The van der Waals surface area contributed by atoms with Gasteiger partial charge in [-0.2, -0.15) is 0 Å². The second-order valence-electron chi connectivity index (χ2n) is 5.89. The number of nitrogens with zero attached hydrogens (tertiary/aromatic N) is 2. The van der Waals surface area contributed by atoms with Crippen molar-refractivity contribution in [2.24, 2.45) is 0 Å². The average Bonchev–Trinajstić information content (AvgIpc) is 3.30. The number of halogens is 1. The van der Waals surface area contributed by atoms with E-state index in [0.29, 0.717) is 16.4 Å². The summed E-state index contributed by atoms with van der Waals surface area (Å²) in [5, 5.41) is 11.0. The number of carbonyl (C=O) groups is 2. The molecule has 1 aliphatic rings. The Morgan fingerprint density at radius 3 is 2.67 bits per heavy atom. The first-order chi connectivity index (χ1) is 13.1.